The molecule has 1 aliphatic rings. The van der Waals surface area contributed by atoms with E-state index in [-0.39, 0.29) is 24.3 Å². The molecule has 1 aliphatic heterocycles. The molecule has 8 nitrogen and oxygen atoms in total. The fourth-order valence-electron chi connectivity index (χ4n) is 5.21. The molecule has 3 atom stereocenters. The first kappa shape index (κ1) is 29.3. The van der Waals surface area contributed by atoms with Crippen LogP contribution in [-0.2, 0) is 22.7 Å². The second kappa shape index (κ2) is 13.2. The minimum absolute atomic E-state index is 0.139. The van der Waals surface area contributed by atoms with Crippen LogP contribution in [0.3, 0.4) is 0 Å². The molecule has 0 spiro atoms. The van der Waals surface area contributed by atoms with Crippen LogP contribution in [0.2, 0.25) is 0 Å². The summed E-state index contributed by atoms with van der Waals surface area (Å²) in [5, 5.41) is 12.4. The Kier molecular flexibility index (Phi) is 9.18. The van der Waals surface area contributed by atoms with Crippen LogP contribution in [0.4, 0.5) is 5.69 Å². The van der Waals surface area contributed by atoms with Gasteiger partial charge in [0.05, 0.1) is 48.0 Å². The van der Waals surface area contributed by atoms with Crippen LogP contribution in [-0.4, -0.2) is 37.4 Å². The van der Waals surface area contributed by atoms with Gasteiger partial charge in [0, 0.05) is 30.8 Å². The predicted octanol–water partition coefficient (Wildman–Crippen LogP) is 5.82. The van der Waals surface area contributed by atoms with Crippen LogP contribution >= 0.6 is 0 Å². The highest BCUT2D eigenvalue weighted by atomic mass is 32.2. The van der Waals surface area contributed by atoms with E-state index in [4.69, 9.17) is 4.74 Å². The van der Waals surface area contributed by atoms with E-state index >= 15 is 0 Å². The molecule has 1 amide bonds. The van der Waals surface area contributed by atoms with Gasteiger partial charge in [0.2, 0.25) is 10.8 Å². The molecule has 1 N–H and O–H groups in total. The van der Waals surface area contributed by atoms with Gasteiger partial charge in [-0.05, 0) is 78.4 Å². The quantitative estimate of drug-likeness (QED) is 0.262. The summed E-state index contributed by atoms with van der Waals surface area (Å²) >= 11 is -1.45. The lowest BCUT2D eigenvalue weighted by Crippen LogP contribution is -2.36. The van der Waals surface area contributed by atoms with Crippen molar-refractivity contribution in [2.24, 2.45) is 0 Å². The molecule has 0 aliphatic carbocycles. The summed E-state index contributed by atoms with van der Waals surface area (Å²) in [5.74, 6) is 0.0197. The molecule has 2 aromatic heterocycles. The van der Waals surface area contributed by atoms with Crippen molar-refractivity contribution in [1.29, 1.82) is 5.26 Å². The normalized spacial score (nSPS) is 17.3. The van der Waals surface area contributed by atoms with Gasteiger partial charge < -0.3 is 14.6 Å². The molecule has 214 valence electrons. The lowest BCUT2D eigenvalue weighted by Gasteiger charge is -2.25. The van der Waals surface area contributed by atoms with Crippen molar-refractivity contribution in [1.82, 2.24) is 14.3 Å². The number of nitrogens with one attached hydrogen (secondary N) is 1. The fourth-order valence-corrected chi connectivity index (χ4v) is 6.49. The third-order valence-corrected chi connectivity index (χ3v) is 8.97. The highest BCUT2D eigenvalue weighted by Crippen LogP contribution is 2.35. The number of rotatable bonds is 8. The number of ether oxygens (including phenoxy) is 1. The molecule has 3 heterocycles. The molecule has 0 saturated heterocycles. The van der Waals surface area contributed by atoms with Gasteiger partial charge in [0.25, 0.3) is 5.88 Å². The summed E-state index contributed by atoms with van der Waals surface area (Å²) < 4.78 is 21.7. The first-order valence-corrected chi connectivity index (χ1v) is 15.1. The summed E-state index contributed by atoms with van der Waals surface area (Å²) in [5.41, 5.74) is 6.18. The number of pyridine rings is 2. The number of aryl methyl sites for hydroxylation is 2. The zero-order chi connectivity index (χ0) is 29.6. The number of benzene rings is 2. The number of fused-ring (bicyclic) bond motifs is 1. The van der Waals surface area contributed by atoms with Gasteiger partial charge in [-0.3, -0.25) is 9.78 Å². The van der Waals surface area contributed by atoms with Gasteiger partial charge in [-0.1, -0.05) is 31.2 Å². The van der Waals surface area contributed by atoms with Crippen molar-refractivity contribution >= 4 is 23.0 Å². The van der Waals surface area contributed by atoms with Crippen molar-refractivity contribution in [2.45, 2.75) is 57.1 Å². The smallest absolute Gasteiger partial charge is 0.273 e. The number of hydrogen-bond donors (Lipinski definition) is 1. The van der Waals surface area contributed by atoms with Gasteiger partial charge in [-0.15, -0.1) is 4.31 Å². The average Bonchev–Trinajstić information content (AvgIpc) is 3.13. The van der Waals surface area contributed by atoms with E-state index in [0.29, 0.717) is 35.1 Å². The average molecular weight is 580 g/mol. The maximum absolute atomic E-state index is 13.7. The van der Waals surface area contributed by atoms with Gasteiger partial charge in [-0.2, -0.15) is 5.26 Å². The van der Waals surface area contributed by atoms with E-state index in [9.17, 15) is 14.6 Å². The monoisotopic (exact) mass is 579 g/mol. The third kappa shape index (κ3) is 6.63. The lowest BCUT2D eigenvalue weighted by atomic mass is 9.84. The Morgan fingerprint density at radius 1 is 1.17 bits per heavy atom. The Morgan fingerprint density at radius 2 is 2.00 bits per heavy atom. The molecule has 2 aromatic carbocycles. The van der Waals surface area contributed by atoms with Crippen molar-refractivity contribution in [3.8, 4) is 11.9 Å². The maximum Gasteiger partial charge on any atom is 0.273 e. The van der Waals surface area contributed by atoms with Gasteiger partial charge >= 0.3 is 0 Å². The molecule has 9 heteroatoms. The van der Waals surface area contributed by atoms with Crippen LogP contribution in [0.5, 0.6) is 5.88 Å². The second-order valence-electron chi connectivity index (χ2n) is 10.4. The van der Waals surface area contributed by atoms with Gasteiger partial charge in [-0.25, -0.2) is 4.98 Å². The molecular weight excluding hydrogens is 546 g/mol. The van der Waals surface area contributed by atoms with Gasteiger partial charge in [0.1, 0.15) is 6.10 Å². The van der Waals surface area contributed by atoms with E-state index in [1.54, 1.807) is 48.9 Å². The maximum atomic E-state index is 13.7. The molecule has 0 bridgehead atoms. The minimum Gasteiger partial charge on any atom is -0.593 e. The van der Waals surface area contributed by atoms with Crippen LogP contribution in [0.1, 0.15) is 59.1 Å². The second-order valence-corrected chi connectivity index (χ2v) is 11.9. The Labute approximate surface area is 249 Å². The SMILES string of the molecule is CC[C@@H]1CN(Cc2cc(C(CC(=O)Nc3cccnc3)c3ccc(C#N)cc3C)ccc2C)[S+]([O-])c2cccnc2O1. The molecule has 4 aromatic rings. The van der Waals surface area contributed by atoms with E-state index in [1.807, 2.05) is 37.2 Å². The number of hydrogen-bond acceptors (Lipinski definition) is 7. The summed E-state index contributed by atoms with van der Waals surface area (Å²) in [6.07, 6.45) is 5.75. The van der Waals surface area contributed by atoms with Crippen molar-refractivity contribution < 1.29 is 14.1 Å². The van der Waals surface area contributed by atoms with E-state index in [2.05, 4.69) is 39.6 Å². The van der Waals surface area contributed by atoms with Crippen molar-refractivity contribution in [3.63, 3.8) is 0 Å². The lowest BCUT2D eigenvalue weighted by molar-refractivity contribution is -0.116. The molecule has 42 heavy (non-hydrogen) atoms. The minimum atomic E-state index is -1.45. The Bertz CT molecular complexity index is 1610. The highest BCUT2D eigenvalue weighted by Gasteiger charge is 2.35. The number of carbonyl (C=O) groups excluding carboxylic acids is 1. The van der Waals surface area contributed by atoms with E-state index < -0.39 is 11.4 Å². The summed E-state index contributed by atoms with van der Waals surface area (Å²) in [6, 6.07) is 21.2. The van der Waals surface area contributed by atoms with Crippen LogP contribution in [0, 0.1) is 25.2 Å². The van der Waals surface area contributed by atoms with Gasteiger partial charge in [0.15, 0.2) is 0 Å². The number of amides is 1. The molecular formula is C33H33N5O3S. The molecule has 0 saturated carbocycles. The number of carbonyl (C=O) groups is 1. The Morgan fingerprint density at radius 3 is 2.74 bits per heavy atom. The zero-order valence-electron chi connectivity index (χ0n) is 23.9. The summed E-state index contributed by atoms with van der Waals surface area (Å²) in [4.78, 5) is 22.3. The zero-order valence-corrected chi connectivity index (χ0v) is 24.7. The number of anilines is 1. The Balaban J connectivity index is 1.48. The van der Waals surface area contributed by atoms with Crippen LogP contribution < -0.4 is 10.1 Å². The number of aromatic nitrogens is 2. The van der Waals surface area contributed by atoms with Crippen LogP contribution in [0.25, 0.3) is 0 Å². The molecule has 5 rings (SSSR count). The molecule has 2 unspecified atom stereocenters. The largest absolute Gasteiger partial charge is 0.593 e. The molecule has 0 radical (unpaired) electrons. The van der Waals surface area contributed by atoms with E-state index in [1.165, 1.54) is 0 Å². The number of nitrogens with zero attached hydrogens (tertiary/aromatic N) is 4. The summed E-state index contributed by atoms with van der Waals surface area (Å²) in [6.45, 7) is 7.00. The predicted molar refractivity (Wildman–Crippen MR) is 162 cm³/mol. The van der Waals surface area contributed by atoms with Crippen LogP contribution in [0.15, 0.2) is 84.1 Å². The third-order valence-electron chi connectivity index (χ3n) is 7.53. The first-order valence-electron chi connectivity index (χ1n) is 13.9. The standard InChI is InChI=1S/C33H33N5O3S/c1-4-28-21-38(42(40)31-8-6-14-36-33(31)41-28)20-26-16-25(11-9-22(26)2)30(29-12-10-24(18-34)15-23(29)3)17-32(39)37-27-7-5-13-35-19-27/h5-16,19,28,30H,4,17,20-21H2,1-3H3,(H,37,39)/t28-,30?,42?/m1/s1. The number of nitriles is 1. The first-order chi connectivity index (χ1) is 20.4. The fraction of sp³-hybridized carbons (Fsp3) is 0.273. The summed E-state index contributed by atoms with van der Waals surface area (Å²) in [7, 11) is 0. The molecule has 0 fully saturated rings. The van der Waals surface area contributed by atoms with Crippen molar-refractivity contribution in [3.05, 3.63) is 113 Å². The van der Waals surface area contributed by atoms with E-state index in [0.717, 1.165) is 34.2 Å². The van der Waals surface area contributed by atoms with Crippen molar-refractivity contribution in [2.75, 3.05) is 11.9 Å². The Hall–Kier alpha value is -4.23. The topological polar surface area (TPSA) is 114 Å². The highest BCUT2D eigenvalue weighted by molar-refractivity contribution is 7.89.